The van der Waals surface area contributed by atoms with Crippen LogP contribution in [0.1, 0.15) is 42.9 Å². The lowest BCUT2D eigenvalue weighted by Crippen LogP contribution is -2.41. The SMILES string of the molecule is NC(=O)C1CCC(NC2COCc3ccccc32)CC1. The highest BCUT2D eigenvalue weighted by molar-refractivity contribution is 5.76. The summed E-state index contributed by atoms with van der Waals surface area (Å²) < 4.78 is 5.67. The van der Waals surface area contributed by atoms with Crippen LogP contribution in [0, 0.1) is 5.92 Å². The second kappa shape index (κ2) is 5.94. The normalized spacial score (nSPS) is 29.7. The first-order chi connectivity index (χ1) is 9.74. The van der Waals surface area contributed by atoms with Crippen molar-refractivity contribution < 1.29 is 9.53 Å². The van der Waals surface area contributed by atoms with Gasteiger partial charge in [0, 0.05) is 12.0 Å². The number of nitrogens with two attached hydrogens (primary N) is 1. The number of nitrogens with one attached hydrogen (secondary N) is 1. The molecule has 0 radical (unpaired) electrons. The van der Waals surface area contributed by atoms with Gasteiger partial charge in [0.15, 0.2) is 0 Å². The predicted molar refractivity (Wildman–Crippen MR) is 76.9 cm³/mol. The summed E-state index contributed by atoms with van der Waals surface area (Å²) in [6, 6.07) is 9.20. The van der Waals surface area contributed by atoms with Gasteiger partial charge in [-0.15, -0.1) is 0 Å². The van der Waals surface area contributed by atoms with Crippen LogP contribution in [0.5, 0.6) is 0 Å². The summed E-state index contributed by atoms with van der Waals surface area (Å²) in [6.45, 7) is 1.44. The standard InChI is InChI=1S/C16H22N2O2/c17-16(19)11-5-7-13(8-6-11)18-15-10-20-9-12-3-1-2-4-14(12)15/h1-4,11,13,15,18H,5-10H2,(H2,17,19). The van der Waals surface area contributed by atoms with Crippen LogP contribution in [0.2, 0.25) is 0 Å². The van der Waals surface area contributed by atoms with Crippen molar-refractivity contribution in [1.29, 1.82) is 0 Å². The fourth-order valence-corrected chi connectivity index (χ4v) is 3.35. The van der Waals surface area contributed by atoms with Crippen molar-refractivity contribution in [3.63, 3.8) is 0 Å². The Morgan fingerprint density at radius 3 is 2.70 bits per heavy atom. The van der Waals surface area contributed by atoms with Crippen molar-refractivity contribution in [1.82, 2.24) is 5.32 Å². The third kappa shape index (κ3) is 2.86. The van der Waals surface area contributed by atoms with E-state index in [1.54, 1.807) is 0 Å². The average Bonchev–Trinajstić information content (AvgIpc) is 2.48. The Balaban J connectivity index is 1.61. The maximum absolute atomic E-state index is 11.2. The molecule has 0 aromatic heterocycles. The number of hydrogen-bond acceptors (Lipinski definition) is 3. The molecule has 1 heterocycles. The average molecular weight is 274 g/mol. The Kier molecular flexibility index (Phi) is 4.03. The minimum atomic E-state index is -0.144. The van der Waals surface area contributed by atoms with Gasteiger partial charge in [-0.1, -0.05) is 24.3 Å². The minimum absolute atomic E-state index is 0.0722. The van der Waals surface area contributed by atoms with E-state index in [9.17, 15) is 4.79 Å². The Labute approximate surface area is 119 Å². The lowest BCUT2D eigenvalue weighted by atomic mass is 9.85. The summed E-state index contributed by atoms with van der Waals surface area (Å²) in [4.78, 5) is 11.2. The molecule has 20 heavy (non-hydrogen) atoms. The molecule has 4 heteroatoms. The molecular weight excluding hydrogens is 252 g/mol. The number of benzene rings is 1. The van der Waals surface area contributed by atoms with Gasteiger partial charge in [0.05, 0.1) is 19.3 Å². The molecular formula is C16H22N2O2. The first-order valence-electron chi connectivity index (χ1n) is 7.45. The van der Waals surface area contributed by atoms with Crippen LogP contribution in [0.15, 0.2) is 24.3 Å². The van der Waals surface area contributed by atoms with E-state index in [2.05, 4.69) is 29.6 Å². The molecule has 1 unspecified atom stereocenters. The third-order valence-electron chi connectivity index (χ3n) is 4.54. The molecule has 1 aliphatic heterocycles. The monoisotopic (exact) mass is 274 g/mol. The molecule has 2 aliphatic rings. The molecule has 0 bridgehead atoms. The fourth-order valence-electron chi connectivity index (χ4n) is 3.35. The topological polar surface area (TPSA) is 64.4 Å². The van der Waals surface area contributed by atoms with Gasteiger partial charge < -0.3 is 15.8 Å². The number of rotatable bonds is 3. The van der Waals surface area contributed by atoms with Crippen LogP contribution >= 0.6 is 0 Å². The van der Waals surface area contributed by atoms with Gasteiger partial charge in [-0.25, -0.2) is 0 Å². The summed E-state index contributed by atoms with van der Waals surface area (Å²) in [5.41, 5.74) is 8.02. The van der Waals surface area contributed by atoms with Crippen molar-refractivity contribution in [2.45, 2.75) is 44.4 Å². The van der Waals surface area contributed by atoms with Crippen molar-refractivity contribution in [2.24, 2.45) is 11.7 Å². The summed E-state index contributed by atoms with van der Waals surface area (Å²) in [6.07, 6.45) is 3.85. The Morgan fingerprint density at radius 1 is 1.20 bits per heavy atom. The highest BCUT2D eigenvalue weighted by Crippen LogP contribution is 2.29. The number of fused-ring (bicyclic) bond motifs is 1. The maximum Gasteiger partial charge on any atom is 0.220 e. The lowest BCUT2D eigenvalue weighted by molar-refractivity contribution is -0.122. The summed E-state index contributed by atoms with van der Waals surface area (Å²) in [5.74, 6) is -0.0715. The van der Waals surface area contributed by atoms with Crippen LogP contribution < -0.4 is 11.1 Å². The van der Waals surface area contributed by atoms with E-state index in [0.29, 0.717) is 12.6 Å². The van der Waals surface area contributed by atoms with E-state index < -0.39 is 0 Å². The number of amides is 1. The molecule has 0 spiro atoms. The molecule has 1 fully saturated rings. The van der Waals surface area contributed by atoms with Crippen LogP contribution in [0.25, 0.3) is 0 Å². The van der Waals surface area contributed by atoms with E-state index in [1.165, 1.54) is 11.1 Å². The Hall–Kier alpha value is -1.39. The molecule has 108 valence electrons. The van der Waals surface area contributed by atoms with E-state index in [4.69, 9.17) is 10.5 Å². The molecule has 1 atom stereocenters. The molecule has 1 amide bonds. The number of carbonyl (C=O) groups is 1. The van der Waals surface area contributed by atoms with E-state index in [-0.39, 0.29) is 17.9 Å². The van der Waals surface area contributed by atoms with Crippen LogP contribution in [-0.4, -0.2) is 18.6 Å². The molecule has 1 saturated carbocycles. The lowest BCUT2D eigenvalue weighted by Gasteiger charge is -2.33. The second-order valence-electron chi connectivity index (χ2n) is 5.88. The smallest absolute Gasteiger partial charge is 0.220 e. The number of ether oxygens (including phenoxy) is 1. The van der Waals surface area contributed by atoms with Crippen molar-refractivity contribution >= 4 is 5.91 Å². The van der Waals surface area contributed by atoms with Gasteiger partial charge >= 0.3 is 0 Å². The molecule has 1 aliphatic carbocycles. The minimum Gasteiger partial charge on any atom is -0.375 e. The van der Waals surface area contributed by atoms with Gasteiger partial charge in [-0.05, 0) is 36.8 Å². The molecule has 3 rings (SSSR count). The van der Waals surface area contributed by atoms with Gasteiger partial charge in [0.25, 0.3) is 0 Å². The highest BCUT2D eigenvalue weighted by atomic mass is 16.5. The zero-order chi connectivity index (χ0) is 13.9. The first kappa shape index (κ1) is 13.6. The number of carbonyl (C=O) groups excluding carboxylic acids is 1. The number of primary amides is 1. The van der Waals surface area contributed by atoms with Crippen molar-refractivity contribution in [2.75, 3.05) is 6.61 Å². The second-order valence-corrected chi connectivity index (χ2v) is 5.88. The van der Waals surface area contributed by atoms with Gasteiger partial charge in [0.1, 0.15) is 0 Å². The molecule has 0 saturated heterocycles. The first-order valence-corrected chi connectivity index (χ1v) is 7.45. The van der Waals surface area contributed by atoms with Crippen molar-refractivity contribution in [3.05, 3.63) is 35.4 Å². The zero-order valence-corrected chi connectivity index (χ0v) is 11.7. The van der Waals surface area contributed by atoms with E-state index >= 15 is 0 Å². The quantitative estimate of drug-likeness (QED) is 0.884. The van der Waals surface area contributed by atoms with Crippen LogP contribution in [0.3, 0.4) is 0 Å². The van der Waals surface area contributed by atoms with Crippen molar-refractivity contribution in [3.8, 4) is 0 Å². The zero-order valence-electron chi connectivity index (χ0n) is 11.7. The van der Waals surface area contributed by atoms with Gasteiger partial charge in [-0.2, -0.15) is 0 Å². The third-order valence-corrected chi connectivity index (χ3v) is 4.54. The summed E-state index contributed by atoms with van der Waals surface area (Å²) in [5, 5.41) is 3.70. The summed E-state index contributed by atoms with van der Waals surface area (Å²) >= 11 is 0. The largest absolute Gasteiger partial charge is 0.375 e. The highest BCUT2D eigenvalue weighted by Gasteiger charge is 2.28. The van der Waals surface area contributed by atoms with Gasteiger partial charge in [0.2, 0.25) is 5.91 Å². The molecule has 1 aromatic rings. The molecule has 1 aromatic carbocycles. The van der Waals surface area contributed by atoms with Crippen LogP contribution in [-0.2, 0) is 16.1 Å². The van der Waals surface area contributed by atoms with E-state index in [1.807, 2.05) is 0 Å². The van der Waals surface area contributed by atoms with E-state index in [0.717, 1.165) is 32.3 Å². The number of hydrogen-bond donors (Lipinski definition) is 2. The molecule has 4 nitrogen and oxygen atoms in total. The summed E-state index contributed by atoms with van der Waals surface area (Å²) in [7, 11) is 0. The molecule has 3 N–H and O–H groups in total. The van der Waals surface area contributed by atoms with Crippen LogP contribution in [0.4, 0.5) is 0 Å². The maximum atomic E-state index is 11.2. The Morgan fingerprint density at radius 2 is 1.95 bits per heavy atom. The fraction of sp³-hybridized carbons (Fsp3) is 0.562. The predicted octanol–water partition coefficient (Wildman–Crippen LogP) is 1.89. The Bertz CT molecular complexity index is 481. The van der Waals surface area contributed by atoms with Gasteiger partial charge in [-0.3, -0.25) is 4.79 Å².